The third kappa shape index (κ3) is 5.38. The maximum Gasteiger partial charge on any atom is 0.244 e. The van der Waals surface area contributed by atoms with E-state index in [9.17, 15) is 4.79 Å². The van der Waals surface area contributed by atoms with Gasteiger partial charge in [-0.25, -0.2) is 4.98 Å². The molecule has 4 rings (SSSR count). The number of nitrogens with one attached hydrogen (secondary N) is 1. The lowest BCUT2D eigenvalue weighted by Gasteiger charge is -2.34. The quantitative estimate of drug-likeness (QED) is 0.537. The summed E-state index contributed by atoms with van der Waals surface area (Å²) in [4.78, 5) is 21.6. The van der Waals surface area contributed by atoms with Gasteiger partial charge in [-0.1, -0.05) is 36.6 Å². The predicted octanol–water partition coefficient (Wildman–Crippen LogP) is 4.71. The fraction of sp³-hybridized carbons (Fsp3) is 0.391. The number of thiazole rings is 1. The number of hydrogen-bond donors (Lipinski definition) is 1. The van der Waals surface area contributed by atoms with Crippen LogP contribution >= 0.6 is 11.3 Å². The van der Waals surface area contributed by atoms with E-state index in [1.807, 2.05) is 36.6 Å². The Morgan fingerprint density at radius 1 is 1.26 bits per heavy atom. The van der Waals surface area contributed by atoms with Crippen LogP contribution in [-0.4, -0.2) is 21.0 Å². The summed E-state index contributed by atoms with van der Waals surface area (Å²) in [6.45, 7) is 4.16. The number of ether oxygens (including phenoxy) is 1. The monoisotopic (exact) mass is 438 g/mol. The average Bonchev–Trinajstić information content (AvgIpc) is 3.40. The van der Waals surface area contributed by atoms with Gasteiger partial charge in [-0.3, -0.25) is 4.79 Å². The second-order valence-electron chi connectivity index (χ2n) is 7.82. The number of nitrogens with zero attached hydrogens (tertiary/aromatic N) is 3. The Balaban J connectivity index is 1.41. The second kappa shape index (κ2) is 9.43. The van der Waals surface area contributed by atoms with Gasteiger partial charge in [0.2, 0.25) is 11.8 Å². The molecule has 0 radical (unpaired) electrons. The van der Waals surface area contributed by atoms with Crippen molar-refractivity contribution in [3.63, 3.8) is 0 Å². The fourth-order valence-electron chi connectivity index (χ4n) is 3.84. The van der Waals surface area contributed by atoms with E-state index in [2.05, 4.69) is 20.4 Å². The van der Waals surface area contributed by atoms with Crippen molar-refractivity contribution >= 4 is 23.3 Å². The van der Waals surface area contributed by atoms with Crippen LogP contribution in [0.4, 0.5) is 0 Å². The summed E-state index contributed by atoms with van der Waals surface area (Å²) in [5.74, 6) is 1.64. The number of aromatic nitrogens is 3. The number of aryl methyl sites for hydroxylation is 2. The summed E-state index contributed by atoms with van der Waals surface area (Å²) in [5, 5.41) is 10.3. The average molecular weight is 439 g/mol. The van der Waals surface area contributed by atoms with Gasteiger partial charge in [0.15, 0.2) is 5.82 Å². The molecule has 1 fully saturated rings. The summed E-state index contributed by atoms with van der Waals surface area (Å²) in [7, 11) is 0. The topological polar surface area (TPSA) is 90.1 Å². The first-order valence-corrected chi connectivity index (χ1v) is 11.4. The molecule has 7 nitrogen and oxygen atoms in total. The first-order valence-electron chi connectivity index (χ1n) is 10.5. The lowest BCUT2D eigenvalue weighted by atomic mass is 9.81. The highest BCUT2D eigenvalue weighted by Gasteiger charge is 2.39. The Kier molecular flexibility index (Phi) is 6.46. The van der Waals surface area contributed by atoms with Crippen molar-refractivity contribution in [2.75, 3.05) is 0 Å². The molecule has 31 heavy (non-hydrogen) atoms. The molecular formula is C23H26N4O3S. The van der Waals surface area contributed by atoms with Crippen LogP contribution in [-0.2, 0) is 16.9 Å². The fourth-order valence-corrected chi connectivity index (χ4v) is 4.44. The molecule has 0 unspecified atom stereocenters. The summed E-state index contributed by atoms with van der Waals surface area (Å²) < 4.78 is 11.0. The van der Waals surface area contributed by atoms with Crippen molar-refractivity contribution in [1.82, 2.24) is 20.4 Å². The summed E-state index contributed by atoms with van der Waals surface area (Å²) in [5.41, 5.74) is 1.24. The van der Waals surface area contributed by atoms with Crippen molar-refractivity contribution in [2.24, 2.45) is 0 Å². The van der Waals surface area contributed by atoms with Gasteiger partial charge in [0.25, 0.3) is 0 Å². The van der Waals surface area contributed by atoms with Gasteiger partial charge in [-0.05, 0) is 43.5 Å². The molecule has 2 aromatic heterocycles. The molecule has 0 spiro atoms. The molecule has 1 aliphatic rings. The van der Waals surface area contributed by atoms with Gasteiger partial charge in [-0.2, -0.15) is 4.98 Å². The number of benzene rings is 1. The minimum atomic E-state index is -0.561. The molecule has 1 amide bonds. The first-order chi connectivity index (χ1) is 15.0. The highest BCUT2D eigenvalue weighted by atomic mass is 32.1. The normalized spacial score (nSPS) is 15.8. The molecule has 1 N–H and O–H groups in total. The van der Waals surface area contributed by atoms with Crippen LogP contribution < -0.4 is 10.1 Å². The number of carbonyl (C=O) groups is 1. The lowest BCUT2D eigenvalue weighted by Crippen LogP contribution is -2.47. The molecule has 0 saturated heterocycles. The Hall–Kier alpha value is -3.00. The van der Waals surface area contributed by atoms with E-state index in [-0.39, 0.29) is 5.91 Å². The third-order valence-electron chi connectivity index (χ3n) is 5.36. The summed E-state index contributed by atoms with van der Waals surface area (Å²) in [6.07, 6.45) is 8.15. The maximum atomic E-state index is 12.7. The van der Waals surface area contributed by atoms with E-state index in [1.54, 1.807) is 30.4 Å². The smallest absolute Gasteiger partial charge is 0.244 e. The molecule has 8 heteroatoms. The van der Waals surface area contributed by atoms with Crippen LogP contribution in [0.15, 0.2) is 40.2 Å². The van der Waals surface area contributed by atoms with Gasteiger partial charge < -0.3 is 14.6 Å². The Labute approximate surface area is 185 Å². The highest BCUT2D eigenvalue weighted by molar-refractivity contribution is 7.09. The molecule has 0 bridgehead atoms. The summed E-state index contributed by atoms with van der Waals surface area (Å²) in [6, 6.07) is 7.64. The van der Waals surface area contributed by atoms with Crippen molar-refractivity contribution in [3.05, 3.63) is 63.7 Å². The zero-order valence-corrected chi connectivity index (χ0v) is 18.6. The Bertz CT molecular complexity index is 1070. The van der Waals surface area contributed by atoms with Crippen LogP contribution in [0, 0.1) is 13.8 Å². The van der Waals surface area contributed by atoms with Crippen LogP contribution in [0.25, 0.3) is 6.08 Å². The van der Waals surface area contributed by atoms with E-state index in [1.165, 1.54) is 0 Å². The molecule has 2 heterocycles. The largest absolute Gasteiger partial charge is 0.487 e. The van der Waals surface area contributed by atoms with E-state index in [0.717, 1.165) is 54.1 Å². The van der Waals surface area contributed by atoms with Crippen molar-refractivity contribution in [3.8, 4) is 5.75 Å². The van der Waals surface area contributed by atoms with E-state index in [0.29, 0.717) is 18.3 Å². The molecule has 162 valence electrons. The minimum Gasteiger partial charge on any atom is -0.487 e. The van der Waals surface area contributed by atoms with Crippen LogP contribution in [0.2, 0.25) is 0 Å². The number of rotatable bonds is 7. The van der Waals surface area contributed by atoms with Gasteiger partial charge in [0, 0.05) is 18.4 Å². The standard InChI is InChI=1S/C23H26N4O3S/c1-16-24-22(27-30-16)23(11-4-3-5-12-23)26-21(28)10-9-18-7-6-8-20(13-18)29-14-19-15-31-17(2)25-19/h6-10,13,15H,3-5,11-12,14H2,1-2H3,(H,26,28)/b10-9+. The van der Waals surface area contributed by atoms with E-state index >= 15 is 0 Å². The van der Waals surface area contributed by atoms with Crippen molar-refractivity contribution in [2.45, 2.75) is 58.1 Å². The van der Waals surface area contributed by atoms with Gasteiger partial charge in [0.1, 0.15) is 17.9 Å². The first kappa shape index (κ1) is 21.2. The Morgan fingerprint density at radius 2 is 2.10 bits per heavy atom. The van der Waals surface area contributed by atoms with Crippen molar-refractivity contribution < 1.29 is 14.1 Å². The van der Waals surface area contributed by atoms with Gasteiger partial charge >= 0.3 is 0 Å². The number of hydrogen-bond acceptors (Lipinski definition) is 7. The maximum absolute atomic E-state index is 12.7. The molecular weight excluding hydrogens is 412 g/mol. The molecule has 0 aliphatic heterocycles. The zero-order valence-electron chi connectivity index (χ0n) is 17.8. The second-order valence-corrected chi connectivity index (χ2v) is 8.88. The van der Waals surface area contributed by atoms with Crippen molar-refractivity contribution in [1.29, 1.82) is 0 Å². The van der Waals surface area contributed by atoms with Gasteiger partial charge in [-0.15, -0.1) is 11.3 Å². The number of amides is 1. The summed E-state index contributed by atoms with van der Waals surface area (Å²) >= 11 is 1.61. The molecule has 1 aromatic carbocycles. The van der Waals surface area contributed by atoms with Crippen LogP contribution in [0.3, 0.4) is 0 Å². The molecule has 0 atom stereocenters. The number of carbonyl (C=O) groups excluding carboxylic acids is 1. The highest BCUT2D eigenvalue weighted by Crippen LogP contribution is 2.35. The predicted molar refractivity (Wildman–Crippen MR) is 119 cm³/mol. The van der Waals surface area contributed by atoms with Gasteiger partial charge in [0.05, 0.1) is 10.7 Å². The van der Waals surface area contributed by atoms with E-state index in [4.69, 9.17) is 9.26 Å². The Morgan fingerprint density at radius 3 is 2.81 bits per heavy atom. The minimum absolute atomic E-state index is 0.173. The van der Waals surface area contributed by atoms with Crippen LogP contribution in [0.1, 0.15) is 60.1 Å². The van der Waals surface area contributed by atoms with Crippen LogP contribution in [0.5, 0.6) is 5.75 Å². The molecule has 1 saturated carbocycles. The third-order valence-corrected chi connectivity index (χ3v) is 6.19. The van der Waals surface area contributed by atoms with E-state index < -0.39 is 5.54 Å². The lowest BCUT2D eigenvalue weighted by molar-refractivity contribution is -0.119. The molecule has 1 aliphatic carbocycles. The molecule has 3 aromatic rings. The SMILES string of the molecule is Cc1nc(C2(NC(=O)/C=C/c3cccc(OCc4csc(C)n4)c3)CCCCC2)no1. The zero-order chi connectivity index (χ0) is 21.7.